The molecule has 0 saturated heterocycles. The average molecular weight is 459 g/mol. The number of alkyl carbamates (subject to hydrolysis) is 1. The molecule has 0 heterocycles. The van der Waals surface area contributed by atoms with Crippen LogP contribution in [0.25, 0.3) is 0 Å². The van der Waals surface area contributed by atoms with Crippen LogP contribution in [-0.2, 0) is 26.9 Å². The Hall–Kier alpha value is -2.35. The lowest BCUT2D eigenvalue weighted by atomic mass is 10.0. The molecule has 2 rings (SSSR count). The van der Waals surface area contributed by atoms with Gasteiger partial charge in [-0.25, -0.2) is 4.79 Å². The van der Waals surface area contributed by atoms with E-state index in [1.165, 1.54) is 31.2 Å². The SMILES string of the molecule is CCC(C)OP(=O)(O)C(Cc1ccccc1)(NC(=O)OCc1ccccc1)C(F)(F)F. The van der Waals surface area contributed by atoms with Gasteiger partial charge in [0.2, 0.25) is 5.28 Å². The second kappa shape index (κ2) is 10.3. The van der Waals surface area contributed by atoms with E-state index >= 15 is 0 Å². The topological polar surface area (TPSA) is 84.9 Å². The summed E-state index contributed by atoms with van der Waals surface area (Å²) in [4.78, 5) is 22.9. The number of benzene rings is 2. The molecule has 2 aromatic rings. The van der Waals surface area contributed by atoms with Gasteiger partial charge in [-0.15, -0.1) is 0 Å². The summed E-state index contributed by atoms with van der Waals surface area (Å²) in [6.07, 6.45) is -8.58. The Balaban J connectivity index is 2.40. The minimum Gasteiger partial charge on any atom is -0.445 e. The van der Waals surface area contributed by atoms with Gasteiger partial charge in [-0.3, -0.25) is 9.88 Å². The van der Waals surface area contributed by atoms with Gasteiger partial charge in [-0.2, -0.15) is 13.2 Å². The molecular weight excluding hydrogens is 434 g/mol. The fourth-order valence-electron chi connectivity index (χ4n) is 2.77. The van der Waals surface area contributed by atoms with Crippen LogP contribution in [0, 0.1) is 0 Å². The summed E-state index contributed by atoms with van der Waals surface area (Å²) in [5.74, 6) is 0. The molecular formula is C21H25F3NO5P. The monoisotopic (exact) mass is 459 g/mol. The zero-order chi connectivity index (χ0) is 23.1. The molecule has 0 spiro atoms. The number of carbonyl (C=O) groups is 1. The Morgan fingerprint density at radius 1 is 1.06 bits per heavy atom. The molecule has 0 saturated carbocycles. The van der Waals surface area contributed by atoms with Crippen LogP contribution in [0.1, 0.15) is 31.4 Å². The summed E-state index contributed by atoms with van der Waals surface area (Å²) >= 11 is 0. The third-order valence-electron chi connectivity index (χ3n) is 4.67. The van der Waals surface area contributed by atoms with Crippen molar-refractivity contribution in [1.82, 2.24) is 5.32 Å². The molecule has 3 atom stereocenters. The third kappa shape index (κ3) is 6.32. The standard InChI is InChI=1S/C21H25F3NO5P/c1-3-16(2)30-31(27,28)20(21(22,23)24,14-17-10-6-4-7-11-17)25-19(26)29-15-18-12-8-5-9-13-18/h4-13,16H,3,14-15H2,1-2H3,(H,25,26)(H,27,28). The van der Waals surface area contributed by atoms with Crippen molar-refractivity contribution in [3.8, 4) is 0 Å². The number of rotatable bonds is 9. The zero-order valence-electron chi connectivity index (χ0n) is 17.1. The number of carbonyl (C=O) groups excluding carboxylic acids is 1. The van der Waals surface area contributed by atoms with E-state index in [0.29, 0.717) is 5.56 Å². The van der Waals surface area contributed by atoms with Crippen molar-refractivity contribution in [3.05, 3.63) is 71.8 Å². The maximum atomic E-state index is 14.4. The van der Waals surface area contributed by atoms with Gasteiger partial charge in [0.1, 0.15) is 6.61 Å². The van der Waals surface area contributed by atoms with Crippen LogP contribution < -0.4 is 5.32 Å². The quantitative estimate of drug-likeness (QED) is 0.490. The van der Waals surface area contributed by atoms with E-state index in [0.717, 1.165) is 0 Å². The van der Waals surface area contributed by atoms with E-state index in [1.807, 2.05) is 0 Å². The summed E-state index contributed by atoms with van der Waals surface area (Å²) in [5.41, 5.74) is 0.631. The largest absolute Gasteiger partial charge is 0.445 e. The highest BCUT2D eigenvalue weighted by Crippen LogP contribution is 2.62. The molecule has 170 valence electrons. The Labute approximate surface area is 178 Å². The molecule has 6 nitrogen and oxygen atoms in total. The predicted octanol–water partition coefficient (Wildman–Crippen LogP) is 5.41. The van der Waals surface area contributed by atoms with E-state index in [2.05, 4.69) is 0 Å². The highest BCUT2D eigenvalue weighted by atomic mass is 31.2. The lowest BCUT2D eigenvalue weighted by Gasteiger charge is -2.39. The van der Waals surface area contributed by atoms with Gasteiger partial charge in [0.05, 0.1) is 6.10 Å². The normalized spacial score (nSPS) is 16.6. The summed E-state index contributed by atoms with van der Waals surface area (Å²) in [6.45, 7) is 2.66. The van der Waals surface area contributed by atoms with Crippen LogP contribution >= 0.6 is 7.60 Å². The van der Waals surface area contributed by atoms with E-state index in [4.69, 9.17) is 9.26 Å². The van der Waals surface area contributed by atoms with E-state index in [-0.39, 0.29) is 18.6 Å². The van der Waals surface area contributed by atoms with Crippen molar-refractivity contribution in [3.63, 3.8) is 0 Å². The Morgan fingerprint density at radius 2 is 1.58 bits per heavy atom. The molecule has 0 radical (unpaired) electrons. The predicted molar refractivity (Wildman–Crippen MR) is 109 cm³/mol. The number of nitrogens with one attached hydrogen (secondary N) is 1. The highest BCUT2D eigenvalue weighted by Gasteiger charge is 2.68. The molecule has 0 aliphatic heterocycles. The molecule has 1 amide bonds. The molecule has 3 unspecified atom stereocenters. The summed E-state index contributed by atoms with van der Waals surface area (Å²) in [6, 6.07) is 15.6. The highest BCUT2D eigenvalue weighted by molar-refractivity contribution is 7.54. The summed E-state index contributed by atoms with van der Waals surface area (Å²) in [5, 5.41) is -1.96. The Morgan fingerprint density at radius 3 is 2.06 bits per heavy atom. The van der Waals surface area contributed by atoms with Gasteiger partial charge >= 0.3 is 19.9 Å². The number of ether oxygens (including phenoxy) is 1. The number of amides is 1. The first-order chi connectivity index (χ1) is 14.5. The number of hydrogen-bond donors (Lipinski definition) is 2. The van der Waals surface area contributed by atoms with Gasteiger partial charge in [0.25, 0.3) is 0 Å². The van der Waals surface area contributed by atoms with Crippen molar-refractivity contribution in [2.75, 3.05) is 0 Å². The Kier molecular flexibility index (Phi) is 8.28. The number of alkyl halides is 3. The molecule has 0 bridgehead atoms. The number of hydrogen-bond acceptors (Lipinski definition) is 4. The van der Waals surface area contributed by atoms with E-state index in [1.54, 1.807) is 48.6 Å². The smallest absolute Gasteiger partial charge is 0.423 e. The van der Waals surface area contributed by atoms with Crippen LogP contribution in [0.2, 0.25) is 0 Å². The molecule has 2 N–H and O–H groups in total. The van der Waals surface area contributed by atoms with Gasteiger partial charge in [-0.05, 0) is 24.5 Å². The zero-order valence-corrected chi connectivity index (χ0v) is 18.0. The van der Waals surface area contributed by atoms with Crippen LogP contribution in [-0.4, -0.2) is 28.5 Å². The molecule has 0 aliphatic rings. The molecule has 0 fully saturated rings. The molecule has 0 aromatic heterocycles. The van der Waals surface area contributed by atoms with Crippen molar-refractivity contribution in [2.45, 2.75) is 50.9 Å². The van der Waals surface area contributed by atoms with Crippen molar-refractivity contribution in [2.24, 2.45) is 0 Å². The minimum atomic E-state index is -5.48. The first-order valence-electron chi connectivity index (χ1n) is 9.61. The Bertz CT molecular complexity index is 895. The first-order valence-corrected chi connectivity index (χ1v) is 11.2. The maximum Gasteiger partial charge on any atom is 0.423 e. The van der Waals surface area contributed by atoms with Gasteiger partial charge in [0, 0.05) is 6.42 Å². The maximum absolute atomic E-state index is 14.4. The molecule has 10 heteroatoms. The lowest BCUT2D eigenvalue weighted by molar-refractivity contribution is -0.174. The minimum absolute atomic E-state index is 0.0882. The van der Waals surface area contributed by atoms with Crippen molar-refractivity contribution >= 4 is 13.7 Å². The summed E-state index contributed by atoms with van der Waals surface area (Å²) < 4.78 is 65.9. The molecule has 31 heavy (non-hydrogen) atoms. The van der Waals surface area contributed by atoms with Crippen molar-refractivity contribution < 1.29 is 36.7 Å². The van der Waals surface area contributed by atoms with E-state index in [9.17, 15) is 27.4 Å². The second-order valence-electron chi connectivity index (χ2n) is 7.05. The van der Waals surface area contributed by atoms with Crippen LogP contribution in [0.3, 0.4) is 0 Å². The van der Waals surface area contributed by atoms with Gasteiger partial charge < -0.3 is 14.2 Å². The summed E-state index contributed by atoms with van der Waals surface area (Å²) in [7, 11) is -5.48. The van der Waals surface area contributed by atoms with Crippen LogP contribution in [0.15, 0.2) is 60.7 Å². The van der Waals surface area contributed by atoms with E-state index < -0.39 is 37.7 Å². The first kappa shape index (κ1) is 24.9. The third-order valence-corrected chi connectivity index (χ3v) is 6.81. The lowest BCUT2D eigenvalue weighted by Crippen LogP contribution is -2.60. The van der Waals surface area contributed by atoms with Gasteiger partial charge in [-0.1, -0.05) is 67.6 Å². The second-order valence-corrected chi connectivity index (χ2v) is 9.07. The number of halogens is 3. The van der Waals surface area contributed by atoms with Gasteiger partial charge in [0.15, 0.2) is 0 Å². The van der Waals surface area contributed by atoms with Crippen LogP contribution in [0.5, 0.6) is 0 Å². The molecule has 2 aromatic carbocycles. The fourth-order valence-corrected chi connectivity index (χ4v) is 4.53. The fraction of sp³-hybridized carbons (Fsp3) is 0.381. The van der Waals surface area contributed by atoms with Crippen molar-refractivity contribution in [1.29, 1.82) is 0 Å². The average Bonchev–Trinajstić information content (AvgIpc) is 2.72. The molecule has 0 aliphatic carbocycles. The van der Waals surface area contributed by atoms with Crippen LogP contribution in [0.4, 0.5) is 18.0 Å².